The second-order valence-corrected chi connectivity index (χ2v) is 9.23. The molecule has 0 aliphatic heterocycles. The van der Waals surface area contributed by atoms with Gasteiger partial charge in [-0.05, 0) is 71.6 Å². The van der Waals surface area contributed by atoms with Crippen molar-refractivity contribution in [2.75, 3.05) is 19.5 Å². The third kappa shape index (κ3) is 4.41. The fraction of sp³-hybridized carbons (Fsp3) is 0.100. The average molecular weight is 620 g/mol. The van der Waals surface area contributed by atoms with Gasteiger partial charge in [0.1, 0.15) is 22.1 Å². The van der Waals surface area contributed by atoms with E-state index in [1.54, 1.807) is 42.8 Å². The lowest BCUT2D eigenvalue weighted by atomic mass is 10.0. The van der Waals surface area contributed by atoms with Crippen LogP contribution < -0.4 is 14.8 Å². The summed E-state index contributed by atoms with van der Waals surface area (Å²) in [6, 6.07) is 8.73. The zero-order valence-corrected chi connectivity index (χ0v) is 21.2. The first-order valence-corrected chi connectivity index (χ1v) is 11.6. The van der Waals surface area contributed by atoms with E-state index in [1.807, 2.05) is 0 Å². The zero-order valence-electron chi connectivity index (χ0n) is 15.6. The number of anilines is 1. The number of carbonyl (C=O) groups is 2. The molecule has 0 atom stereocenters. The van der Waals surface area contributed by atoms with Crippen molar-refractivity contribution in [2.24, 2.45) is 0 Å². The molecule has 156 valence electrons. The quantitative estimate of drug-likeness (QED) is 0.301. The number of aromatic carboxylic acids is 1. The topological polar surface area (TPSA) is 84.9 Å². The Kier molecular flexibility index (Phi) is 7.22. The molecule has 1 aromatic heterocycles. The first-order chi connectivity index (χ1) is 14.3. The van der Waals surface area contributed by atoms with Crippen molar-refractivity contribution in [1.82, 2.24) is 0 Å². The van der Waals surface area contributed by atoms with Gasteiger partial charge in [0, 0.05) is 19.9 Å². The Hall–Kier alpha value is -1.88. The highest BCUT2D eigenvalue weighted by Gasteiger charge is 2.25. The smallest absolute Gasteiger partial charge is 0.339 e. The summed E-state index contributed by atoms with van der Waals surface area (Å²) in [5, 5.41) is 14.5. The number of ether oxygens (including phenoxy) is 2. The van der Waals surface area contributed by atoms with Gasteiger partial charge < -0.3 is 19.9 Å². The van der Waals surface area contributed by atoms with E-state index in [2.05, 4.69) is 53.1 Å². The van der Waals surface area contributed by atoms with Gasteiger partial charge in [0.25, 0.3) is 5.91 Å². The number of carbonyl (C=O) groups excluding carboxylic acids is 1. The van der Waals surface area contributed by atoms with Crippen LogP contribution in [0.3, 0.4) is 0 Å². The number of amides is 1. The minimum absolute atomic E-state index is 0.0152. The molecule has 3 aromatic rings. The standard InChI is InChI=1S/C20H14Br3NO5S/c1-28-10-5-3-4-9(6-10)11-8-30-19(14(11)20(26)27)24-18(25)15-12(21)7-13(29-2)16(22)17(15)23/h3-8H,1-2H3,(H,24,25)(H,26,27). The van der Waals surface area contributed by atoms with Gasteiger partial charge >= 0.3 is 5.97 Å². The van der Waals surface area contributed by atoms with Gasteiger partial charge in [-0.25, -0.2) is 4.79 Å². The highest BCUT2D eigenvalue weighted by Crippen LogP contribution is 2.41. The van der Waals surface area contributed by atoms with E-state index < -0.39 is 11.9 Å². The van der Waals surface area contributed by atoms with Crippen molar-refractivity contribution in [2.45, 2.75) is 0 Å². The van der Waals surface area contributed by atoms with Gasteiger partial charge in [-0.2, -0.15) is 0 Å². The summed E-state index contributed by atoms with van der Waals surface area (Å²) in [7, 11) is 3.06. The van der Waals surface area contributed by atoms with E-state index in [9.17, 15) is 14.7 Å². The van der Waals surface area contributed by atoms with Crippen LogP contribution >= 0.6 is 59.1 Å². The Morgan fingerprint density at radius 3 is 2.40 bits per heavy atom. The summed E-state index contributed by atoms with van der Waals surface area (Å²) in [6.07, 6.45) is 0. The van der Waals surface area contributed by atoms with E-state index in [1.165, 1.54) is 7.11 Å². The second-order valence-electron chi connectivity index (χ2n) is 5.91. The van der Waals surface area contributed by atoms with Crippen LogP contribution in [0.5, 0.6) is 11.5 Å². The summed E-state index contributed by atoms with van der Waals surface area (Å²) < 4.78 is 12.0. The van der Waals surface area contributed by atoms with Crippen LogP contribution in [-0.4, -0.2) is 31.2 Å². The molecule has 1 heterocycles. The van der Waals surface area contributed by atoms with Gasteiger partial charge in [-0.15, -0.1) is 11.3 Å². The second kappa shape index (κ2) is 9.51. The molecule has 0 saturated carbocycles. The van der Waals surface area contributed by atoms with Gasteiger partial charge in [0.2, 0.25) is 0 Å². The summed E-state index contributed by atoms with van der Waals surface area (Å²) >= 11 is 11.3. The molecule has 1 amide bonds. The normalized spacial score (nSPS) is 10.6. The molecule has 0 fully saturated rings. The number of carboxylic acid groups (broad SMARTS) is 1. The summed E-state index contributed by atoms with van der Waals surface area (Å²) in [6.45, 7) is 0. The maximum Gasteiger partial charge on any atom is 0.339 e. The SMILES string of the molecule is COc1cccc(-c2csc(NC(=O)c3c(Br)cc(OC)c(Br)c3Br)c2C(=O)O)c1. The predicted octanol–water partition coefficient (Wildman–Crippen LogP) is 6.67. The Morgan fingerprint density at radius 2 is 1.77 bits per heavy atom. The Morgan fingerprint density at radius 1 is 1.03 bits per heavy atom. The van der Waals surface area contributed by atoms with E-state index in [0.29, 0.717) is 41.6 Å². The number of benzene rings is 2. The zero-order chi connectivity index (χ0) is 22.0. The van der Waals surface area contributed by atoms with E-state index >= 15 is 0 Å². The number of methoxy groups -OCH3 is 2. The molecule has 0 bridgehead atoms. The largest absolute Gasteiger partial charge is 0.497 e. The monoisotopic (exact) mass is 617 g/mol. The van der Waals surface area contributed by atoms with Gasteiger partial charge in [-0.3, -0.25) is 4.79 Å². The molecule has 2 aromatic carbocycles. The van der Waals surface area contributed by atoms with Crippen LogP contribution in [0.15, 0.2) is 49.1 Å². The van der Waals surface area contributed by atoms with Crippen molar-refractivity contribution in [3.63, 3.8) is 0 Å². The average Bonchev–Trinajstić information content (AvgIpc) is 3.14. The molecule has 0 aliphatic rings. The first kappa shape index (κ1) is 22.8. The maximum absolute atomic E-state index is 13.0. The Balaban J connectivity index is 2.02. The van der Waals surface area contributed by atoms with Gasteiger partial charge in [-0.1, -0.05) is 12.1 Å². The van der Waals surface area contributed by atoms with Crippen molar-refractivity contribution in [3.8, 4) is 22.6 Å². The molecule has 0 saturated heterocycles. The number of carboxylic acids is 1. The summed E-state index contributed by atoms with van der Waals surface area (Å²) in [5.74, 6) is -0.471. The lowest BCUT2D eigenvalue weighted by molar-refractivity contribution is 0.0699. The third-order valence-corrected chi connectivity index (χ3v) is 7.82. The van der Waals surface area contributed by atoms with Crippen LogP contribution in [0, 0.1) is 0 Å². The number of nitrogens with one attached hydrogen (secondary N) is 1. The third-order valence-electron chi connectivity index (χ3n) is 4.18. The number of hydrogen-bond donors (Lipinski definition) is 2. The highest BCUT2D eigenvalue weighted by molar-refractivity contribution is 9.13. The van der Waals surface area contributed by atoms with Gasteiger partial charge in [0.05, 0.1) is 24.3 Å². The highest BCUT2D eigenvalue weighted by atomic mass is 79.9. The van der Waals surface area contributed by atoms with E-state index in [0.717, 1.165) is 11.3 Å². The fourth-order valence-electron chi connectivity index (χ4n) is 2.76. The van der Waals surface area contributed by atoms with Crippen molar-refractivity contribution < 1.29 is 24.2 Å². The number of rotatable bonds is 6. The minimum atomic E-state index is -1.14. The van der Waals surface area contributed by atoms with Crippen molar-refractivity contribution in [3.05, 3.63) is 60.3 Å². The maximum atomic E-state index is 13.0. The van der Waals surface area contributed by atoms with Crippen LogP contribution in [0.2, 0.25) is 0 Å². The lowest BCUT2D eigenvalue weighted by Gasteiger charge is -2.13. The molecular formula is C20H14Br3NO5S. The van der Waals surface area contributed by atoms with Crippen molar-refractivity contribution >= 4 is 76.0 Å². The molecule has 2 N–H and O–H groups in total. The van der Waals surface area contributed by atoms with Crippen LogP contribution in [-0.2, 0) is 0 Å². The number of hydrogen-bond acceptors (Lipinski definition) is 5. The van der Waals surface area contributed by atoms with E-state index in [-0.39, 0.29) is 10.6 Å². The Labute approximate surface area is 201 Å². The number of halogens is 3. The molecular weight excluding hydrogens is 606 g/mol. The van der Waals surface area contributed by atoms with Crippen molar-refractivity contribution in [1.29, 1.82) is 0 Å². The summed E-state index contributed by atoms with van der Waals surface area (Å²) in [4.78, 5) is 25.0. The van der Waals surface area contributed by atoms with Crippen LogP contribution in [0.25, 0.3) is 11.1 Å². The molecule has 10 heteroatoms. The van der Waals surface area contributed by atoms with E-state index in [4.69, 9.17) is 9.47 Å². The lowest BCUT2D eigenvalue weighted by Crippen LogP contribution is -2.15. The molecule has 3 rings (SSSR count). The molecule has 0 radical (unpaired) electrons. The van der Waals surface area contributed by atoms with Gasteiger partial charge in [0.15, 0.2) is 0 Å². The number of thiophene rings is 1. The predicted molar refractivity (Wildman–Crippen MR) is 127 cm³/mol. The molecule has 0 spiro atoms. The molecule has 0 aliphatic carbocycles. The molecule has 6 nitrogen and oxygen atoms in total. The first-order valence-electron chi connectivity index (χ1n) is 8.30. The molecule has 0 unspecified atom stereocenters. The summed E-state index contributed by atoms with van der Waals surface area (Å²) in [5.41, 5.74) is 1.49. The Bertz CT molecular complexity index is 1150. The van der Waals surface area contributed by atoms with Crippen LogP contribution in [0.1, 0.15) is 20.7 Å². The minimum Gasteiger partial charge on any atom is -0.497 e. The fourth-order valence-corrected chi connectivity index (χ4v) is 5.63. The van der Waals surface area contributed by atoms with Crippen LogP contribution in [0.4, 0.5) is 5.00 Å². The molecule has 30 heavy (non-hydrogen) atoms.